The Hall–Kier alpha value is -2.92. The Morgan fingerprint density at radius 1 is 1.25 bits per heavy atom. The van der Waals surface area contributed by atoms with Gasteiger partial charge in [-0.2, -0.15) is 0 Å². The number of aromatic nitrogens is 1. The second kappa shape index (κ2) is 8.40. The average Bonchev–Trinajstić information content (AvgIpc) is 3.37. The van der Waals surface area contributed by atoms with Crippen LogP contribution in [0.15, 0.2) is 67.3 Å². The van der Waals surface area contributed by atoms with Crippen LogP contribution < -0.4 is 4.74 Å². The molecule has 1 atom stereocenters. The third-order valence-corrected chi connectivity index (χ3v) is 5.94. The van der Waals surface area contributed by atoms with Crippen molar-refractivity contribution in [1.29, 1.82) is 0 Å². The van der Waals surface area contributed by atoms with Gasteiger partial charge in [0.15, 0.2) is 0 Å². The summed E-state index contributed by atoms with van der Waals surface area (Å²) in [6.07, 6.45) is 7.20. The SMILES string of the molecule is C=CCOc1ccc(/C=C/C(=O)N2CCCC2c2nc3ccccc3s2)cc1. The molecule has 0 radical (unpaired) electrons. The molecule has 1 aliphatic rings. The topological polar surface area (TPSA) is 42.4 Å². The van der Waals surface area contributed by atoms with E-state index in [-0.39, 0.29) is 11.9 Å². The minimum atomic E-state index is 0.0359. The third-order valence-electron chi connectivity index (χ3n) is 4.80. The molecule has 5 heteroatoms. The van der Waals surface area contributed by atoms with Gasteiger partial charge in [0.1, 0.15) is 17.4 Å². The number of para-hydroxylation sites is 1. The summed E-state index contributed by atoms with van der Waals surface area (Å²) in [4.78, 5) is 19.5. The molecule has 142 valence electrons. The summed E-state index contributed by atoms with van der Waals surface area (Å²) >= 11 is 1.69. The van der Waals surface area contributed by atoms with Gasteiger partial charge in [-0.1, -0.05) is 36.9 Å². The first-order chi connectivity index (χ1) is 13.7. The number of fused-ring (bicyclic) bond motifs is 1. The van der Waals surface area contributed by atoms with Crippen molar-refractivity contribution in [3.63, 3.8) is 0 Å². The standard InChI is InChI=1S/C23H22N2O2S/c1-2-16-27-18-12-9-17(10-13-18)11-14-22(26)25-15-5-7-20(25)23-24-19-6-3-4-8-21(19)28-23/h2-4,6,8-14,20H,1,5,7,15-16H2/b14-11+. The summed E-state index contributed by atoms with van der Waals surface area (Å²) in [5.41, 5.74) is 1.98. The number of carbonyl (C=O) groups excluding carboxylic acids is 1. The van der Waals surface area contributed by atoms with Crippen molar-refractivity contribution in [1.82, 2.24) is 9.88 Å². The fraction of sp³-hybridized carbons (Fsp3) is 0.217. The quantitative estimate of drug-likeness (QED) is 0.427. The molecule has 0 bridgehead atoms. The molecule has 0 N–H and O–H groups in total. The first-order valence-corrected chi connectivity index (χ1v) is 10.2. The molecule has 4 nitrogen and oxygen atoms in total. The lowest BCUT2D eigenvalue weighted by Gasteiger charge is -2.21. The van der Waals surface area contributed by atoms with Crippen molar-refractivity contribution in [2.45, 2.75) is 18.9 Å². The van der Waals surface area contributed by atoms with Crippen LogP contribution in [0.2, 0.25) is 0 Å². The highest BCUT2D eigenvalue weighted by Gasteiger charge is 2.31. The Morgan fingerprint density at radius 2 is 2.07 bits per heavy atom. The van der Waals surface area contributed by atoms with E-state index in [4.69, 9.17) is 9.72 Å². The van der Waals surface area contributed by atoms with Gasteiger partial charge in [0.25, 0.3) is 0 Å². The van der Waals surface area contributed by atoms with Gasteiger partial charge in [-0.3, -0.25) is 4.79 Å². The van der Waals surface area contributed by atoms with E-state index < -0.39 is 0 Å². The molecule has 1 aromatic heterocycles. The molecule has 28 heavy (non-hydrogen) atoms. The van der Waals surface area contributed by atoms with Crippen LogP contribution in [0.1, 0.15) is 29.5 Å². The van der Waals surface area contributed by atoms with E-state index in [2.05, 4.69) is 12.6 Å². The van der Waals surface area contributed by atoms with Gasteiger partial charge in [-0.15, -0.1) is 11.3 Å². The van der Waals surface area contributed by atoms with Crippen LogP contribution in [-0.2, 0) is 4.79 Å². The van der Waals surface area contributed by atoms with Crippen molar-refractivity contribution in [3.05, 3.63) is 77.8 Å². The van der Waals surface area contributed by atoms with Crippen LogP contribution in [0.25, 0.3) is 16.3 Å². The Morgan fingerprint density at radius 3 is 2.86 bits per heavy atom. The van der Waals surface area contributed by atoms with Gasteiger partial charge >= 0.3 is 0 Å². The lowest BCUT2D eigenvalue weighted by atomic mass is 10.2. The zero-order chi connectivity index (χ0) is 19.3. The second-order valence-corrected chi connectivity index (χ2v) is 7.77. The zero-order valence-corrected chi connectivity index (χ0v) is 16.4. The molecule has 1 aliphatic heterocycles. The van der Waals surface area contributed by atoms with E-state index in [1.165, 1.54) is 4.70 Å². The maximum atomic E-state index is 12.8. The van der Waals surface area contributed by atoms with Crippen LogP contribution in [0.3, 0.4) is 0 Å². The highest BCUT2D eigenvalue weighted by atomic mass is 32.1. The molecule has 1 unspecified atom stereocenters. The number of hydrogen-bond donors (Lipinski definition) is 0. The molecule has 2 heterocycles. The van der Waals surface area contributed by atoms with Crippen LogP contribution in [-0.4, -0.2) is 28.9 Å². The predicted octanol–water partition coefficient (Wildman–Crippen LogP) is 5.24. The first kappa shape index (κ1) is 18.4. The van der Waals surface area contributed by atoms with Gasteiger partial charge < -0.3 is 9.64 Å². The number of hydrogen-bond acceptors (Lipinski definition) is 4. The van der Waals surface area contributed by atoms with Gasteiger partial charge in [0.05, 0.1) is 16.3 Å². The lowest BCUT2D eigenvalue weighted by molar-refractivity contribution is -0.126. The number of carbonyl (C=O) groups is 1. The van der Waals surface area contributed by atoms with Crippen LogP contribution >= 0.6 is 11.3 Å². The monoisotopic (exact) mass is 390 g/mol. The molecular formula is C23H22N2O2S. The first-order valence-electron chi connectivity index (χ1n) is 9.42. The van der Waals surface area contributed by atoms with Crippen molar-refractivity contribution in [3.8, 4) is 5.75 Å². The van der Waals surface area contributed by atoms with Gasteiger partial charge in [0.2, 0.25) is 5.91 Å². The van der Waals surface area contributed by atoms with Crippen LogP contribution in [0.5, 0.6) is 5.75 Å². The van der Waals surface area contributed by atoms with Gasteiger partial charge in [-0.25, -0.2) is 4.98 Å². The summed E-state index contributed by atoms with van der Waals surface area (Å²) in [5, 5.41) is 1.03. The summed E-state index contributed by atoms with van der Waals surface area (Å²) in [6, 6.07) is 15.9. The van der Waals surface area contributed by atoms with Crippen molar-refractivity contribution >= 4 is 33.5 Å². The Kier molecular flexibility index (Phi) is 5.53. The van der Waals surface area contributed by atoms with Crippen molar-refractivity contribution < 1.29 is 9.53 Å². The fourth-order valence-corrected chi connectivity index (χ4v) is 4.53. The highest BCUT2D eigenvalue weighted by Crippen LogP contribution is 2.36. The largest absolute Gasteiger partial charge is 0.490 e. The number of amides is 1. The molecular weight excluding hydrogens is 368 g/mol. The van der Waals surface area contributed by atoms with E-state index in [0.29, 0.717) is 6.61 Å². The molecule has 0 saturated carbocycles. The summed E-state index contributed by atoms with van der Waals surface area (Å²) in [5.74, 6) is 0.826. The fourth-order valence-electron chi connectivity index (χ4n) is 3.41. The van der Waals surface area contributed by atoms with Gasteiger partial charge in [0, 0.05) is 12.6 Å². The summed E-state index contributed by atoms with van der Waals surface area (Å²) in [7, 11) is 0. The van der Waals surface area contributed by atoms with E-state index in [0.717, 1.165) is 41.2 Å². The van der Waals surface area contributed by atoms with Crippen molar-refractivity contribution in [2.24, 2.45) is 0 Å². The number of thiazole rings is 1. The summed E-state index contributed by atoms with van der Waals surface area (Å²) < 4.78 is 6.65. The number of nitrogens with zero attached hydrogens (tertiary/aromatic N) is 2. The summed E-state index contributed by atoms with van der Waals surface area (Å²) in [6.45, 7) is 4.90. The predicted molar refractivity (Wildman–Crippen MR) is 114 cm³/mol. The number of benzene rings is 2. The molecule has 1 fully saturated rings. The number of ether oxygens (including phenoxy) is 1. The molecule has 2 aromatic carbocycles. The van der Waals surface area contributed by atoms with E-state index >= 15 is 0 Å². The van der Waals surface area contributed by atoms with E-state index in [1.54, 1.807) is 23.5 Å². The zero-order valence-electron chi connectivity index (χ0n) is 15.6. The maximum Gasteiger partial charge on any atom is 0.247 e. The third kappa shape index (κ3) is 3.99. The molecule has 4 rings (SSSR count). The maximum absolute atomic E-state index is 12.8. The Bertz CT molecular complexity index is 974. The number of likely N-dealkylation sites (tertiary alicyclic amines) is 1. The highest BCUT2D eigenvalue weighted by molar-refractivity contribution is 7.18. The molecule has 0 aliphatic carbocycles. The average molecular weight is 391 g/mol. The number of rotatable bonds is 6. The molecule has 0 spiro atoms. The minimum absolute atomic E-state index is 0.0359. The minimum Gasteiger partial charge on any atom is -0.490 e. The second-order valence-electron chi connectivity index (χ2n) is 6.71. The van der Waals surface area contributed by atoms with Crippen molar-refractivity contribution in [2.75, 3.05) is 13.2 Å². The van der Waals surface area contributed by atoms with E-state index in [9.17, 15) is 4.79 Å². The van der Waals surface area contributed by atoms with Crippen LogP contribution in [0.4, 0.5) is 0 Å². The molecule has 1 saturated heterocycles. The Balaban J connectivity index is 1.46. The normalized spacial score (nSPS) is 16.7. The Labute approximate surface area is 168 Å². The van der Waals surface area contributed by atoms with E-state index in [1.807, 2.05) is 53.4 Å². The molecule has 3 aromatic rings. The van der Waals surface area contributed by atoms with Gasteiger partial charge in [-0.05, 0) is 48.7 Å². The van der Waals surface area contributed by atoms with Crippen LogP contribution in [0, 0.1) is 0 Å². The molecule has 1 amide bonds. The smallest absolute Gasteiger partial charge is 0.247 e. The lowest BCUT2D eigenvalue weighted by Crippen LogP contribution is -2.28.